The van der Waals surface area contributed by atoms with Crippen LogP contribution >= 0.6 is 11.6 Å². The number of nitrogens with zero attached hydrogens (tertiary/aromatic N) is 4. The van der Waals surface area contributed by atoms with E-state index in [9.17, 15) is 13.2 Å². The maximum Gasteiger partial charge on any atom is 0.255 e. The van der Waals surface area contributed by atoms with Crippen LogP contribution in [0, 0.1) is 17.5 Å². The number of aromatic nitrogens is 4. The Balaban J connectivity index is 1.99. The minimum absolute atomic E-state index is 0.0685. The first-order valence-corrected chi connectivity index (χ1v) is 8.23. The Hall–Kier alpha value is -2.35. The van der Waals surface area contributed by atoms with Gasteiger partial charge in [-0.25, -0.2) is 13.2 Å². The van der Waals surface area contributed by atoms with Crippen molar-refractivity contribution in [2.45, 2.75) is 31.7 Å². The van der Waals surface area contributed by atoms with Crippen molar-refractivity contribution in [2.24, 2.45) is 0 Å². The van der Waals surface area contributed by atoms with Gasteiger partial charge >= 0.3 is 0 Å². The molecule has 2 aromatic heterocycles. The van der Waals surface area contributed by atoms with Crippen LogP contribution in [0.15, 0.2) is 18.5 Å². The fourth-order valence-corrected chi connectivity index (χ4v) is 3.45. The molecule has 2 heterocycles. The van der Waals surface area contributed by atoms with Gasteiger partial charge in [-0.1, -0.05) is 24.4 Å². The number of benzene rings is 1. The lowest BCUT2D eigenvalue weighted by atomic mass is 10.1. The number of hydrogen-bond acceptors (Lipinski definition) is 4. The highest BCUT2D eigenvalue weighted by Gasteiger charge is 2.27. The van der Waals surface area contributed by atoms with Crippen molar-refractivity contribution in [2.75, 3.05) is 5.32 Å². The molecule has 1 saturated carbocycles. The van der Waals surface area contributed by atoms with Gasteiger partial charge in [0.25, 0.3) is 5.78 Å². The number of rotatable bonds is 3. The standard InChI is InChI=1S/C16H13ClF3N5/c17-14-12(11-9(18)5-6-10(19)13(11)20)15(23-8-3-1-2-4-8)25-16(24-14)21-7-22-25/h5-8,23H,1-4H2. The summed E-state index contributed by atoms with van der Waals surface area (Å²) < 4.78 is 43.8. The lowest BCUT2D eigenvalue weighted by Gasteiger charge is -2.19. The quantitative estimate of drug-likeness (QED) is 0.556. The van der Waals surface area contributed by atoms with Crippen LogP contribution in [0.4, 0.5) is 19.0 Å². The Morgan fingerprint density at radius 1 is 1.08 bits per heavy atom. The van der Waals surface area contributed by atoms with Gasteiger partial charge < -0.3 is 5.32 Å². The van der Waals surface area contributed by atoms with Gasteiger partial charge in [0, 0.05) is 6.04 Å². The molecule has 0 saturated heterocycles. The summed E-state index contributed by atoms with van der Waals surface area (Å²) in [5.41, 5.74) is -0.642. The molecule has 0 amide bonds. The summed E-state index contributed by atoms with van der Waals surface area (Å²) >= 11 is 6.19. The van der Waals surface area contributed by atoms with E-state index in [2.05, 4.69) is 20.4 Å². The second-order valence-electron chi connectivity index (χ2n) is 5.94. The van der Waals surface area contributed by atoms with Crippen LogP contribution in [0.1, 0.15) is 25.7 Å². The van der Waals surface area contributed by atoms with Gasteiger partial charge in [-0.15, -0.1) is 0 Å². The number of anilines is 1. The summed E-state index contributed by atoms with van der Waals surface area (Å²) in [5, 5.41) is 7.11. The summed E-state index contributed by atoms with van der Waals surface area (Å²) in [6.45, 7) is 0. The first kappa shape index (κ1) is 16.1. The van der Waals surface area contributed by atoms with E-state index in [1.54, 1.807) is 0 Å². The summed E-state index contributed by atoms with van der Waals surface area (Å²) in [7, 11) is 0. The van der Waals surface area contributed by atoms with Gasteiger partial charge in [0.1, 0.15) is 23.1 Å². The Morgan fingerprint density at radius 3 is 2.56 bits per heavy atom. The lowest BCUT2D eigenvalue weighted by molar-refractivity contribution is 0.499. The van der Waals surface area contributed by atoms with E-state index in [0.29, 0.717) is 0 Å². The van der Waals surface area contributed by atoms with Gasteiger partial charge in [-0.2, -0.15) is 19.6 Å². The third-order valence-corrected chi connectivity index (χ3v) is 4.65. The van der Waals surface area contributed by atoms with Gasteiger partial charge in [0.2, 0.25) is 0 Å². The zero-order chi connectivity index (χ0) is 17.6. The van der Waals surface area contributed by atoms with E-state index in [1.165, 1.54) is 10.8 Å². The Labute approximate surface area is 145 Å². The molecule has 0 radical (unpaired) electrons. The molecule has 0 aliphatic heterocycles. The molecule has 25 heavy (non-hydrogen) atoms. The van der Waals surface area contributed by atoms with Crippen molar-refractivity contribution in [3.05, 3.63) is 41.1 Å². The SMILES string of the molecule is Fc1ccc(F)c(-c2c(Cl)nc3ncnn3c2NC2CCCC2)c1F. The van der Waals surface area contributed by atoms with E-state index >= 15 is 0 Å². The predicted octanol–water partition coefficient (Wildman–Crippen LogP) is 4.22. The Bertz CT molecular complexity index is 953. The first-order valence-electron chi connectivity index (χ1n) is 7.86. The molecule has 0 unspecified atom stereocenters. The highest BCUT2D eigenvalue weighted by Crippen LogP contribution is 2.39. The molecular weight excluding hydrogens is 355 g/mol. The summed E-state index contributed by atoms with van der Waals surface area (Å²) in [4.78, 5) is 7.98. The van der Waals surface area contributed by atoms with Crippen LogP contribution in [-0.2, 0) is 0 Å². The van der Waals surface area contributed by atoms with E-state index < -0.39 is 23.0 Å². The van der Waals surface area contributed by atoms with Crippen LogP contribution in [0.5, 0.6) is 0 Å². The van der Waals surface area contributed by atoms with Gasteiger partial charge in [0.15, 0.2) is 11.6 Å². The smallest absolute Gasteiger partial charge is 0.255 e. The zero-order valence-electron chi connectivity index (χ0n) is 12.9. The van der Waals surface area contributed by atoms with Gasteiger partial charge in [0.05, 0.1) is 11.1 Å². The van der Waals surface area contributed by atoms with Crippen LogP contribution in [-0.4, -0.2) is 25.6 Å². The molecule has 130 valence electrons. The van der Waals surface area contributed by atoms with E-state index in [0.717, 1.165) is 37.8 Å². The first-order chi connectivity index (χ1) is 12.1. The zero-order valence-corrected chi connectivity index (χ0v) is 13.7. The van der Waals surface area contributed by atoms with Gasteiger partial charge in [-0.05, 0) is 25.0 Å². The Kier molecular flexibility index (Phi) is 3.99. The topological polar surface area (TPSA) is 55.1 Å². The van der Waals surface area contributed by atoms with Crippen molar-refractivity contribution in [3.63, 3.8) is 0 Å². The van der Waals surface area contributed by atoms with Crippen LogP contribution in [0.25, 0.3) is 16.9 Å². The summed E-state index contributed by atoms with van der Waals surface area (Å²) in [6.07, 6.45) is 5.18. The molecule has 1 fully saturated rings. The molecule has 5 nitrogen and oxygen atoms in total. The summed E-state index contributed by atoms with van der Waals surface area (Å²) in [6, 6.07) is 1.69. The number of fused-ring (bicyclic) bond motifs is 1. The molecule has 9 heteroatoms. The van der Waals surface area contributed by atoms with Crippen LogP contribution < -0.4 is 5.32 Å². The largest absolute Gasteiger partial charge is 0.367 e. The number of nitrogens with one attached hydrogen (secondary N) is 1. The van der Waals surface area contributed by atoms with Gasteiger partial charge in [-0.3, -0.25) is 0 Å². The molecule has 3 aromatic rings. The molecule has 0 atom stereocenters. The molecule has 1 aliphatic rings. The molecule has 1 aliphatic carbocycles. The van der Waals surface area contributed by atoms with E-state index in [4.69, 9.17) is 11.6 Å². The Morgan fingerprint density at radius 2 is 1.80 bits per heavy atom. The van der Waals surface area contributed by atoms with E-state index in [-0.39, 0.29) is 28.4 Å². The highest BCUT2D eigenvalue weighted by molar-refractivity contribution is 6.33. The number of halogens is 4. The maximum atomic E-state index is 14.4. The second-order valence-corrected chi connectivity index (χ2v) is 6.30. The number of hydrogen-bond donors (Lipinski definition) is 1. The second kappa shape index (κ2) is 6.18. The average Bonchev–Trinajstić information content (AvgIpc) is 3.25. The fourth-order valence-electron chi connectivity index (χ4n) is 3.19. The normalized spacial score (nSPS) is 15.2. The van der Waals surface area contributed by atoms with Crippen molar-refractivity contribution < 1.29 is 13.2 Å². The predicted molar refractivity (Wildman–Crippen MR) is 87.0 cm³/mol. The van der Waals surface area contributed by atoms with Crippen molar-refractivity contribution in [1.29, 1.82) is 0 Å². The molecule has 4 rings (SSSR count). The fraction of sp³-hybridized carbons (Fsp3) is 0.312. The van der Waals surface area contributed by atoms with Crippen molar-refractivity contribution >= 4 is 23.2 Å². The molecule has 0 bridgehead atoms. The van der Waals surface area contributed by atoms with Crippen LogP contribution in [0.2, 0.25) is 5.15 Å². The van der Waals surface area contributed by atoms with Crippen molar-refractivity contribution in [1.82, 2.24) is 19.6 Å². The minimum atomic E-state index is -1.32. The summed E-state index contributed by atoms with van der Waals surface area (Å²) in [5.74, 6) is -2.98. The van der Waals surface area contributed by atoms with Crippen LogP contribution in [0.3, 0.4) is 0 Å². The highest BCUT2D eigenvalue weighted by atomic mass is 35.5. The monoisotopic (exact) mass is 367 g/mol. The van der Waals surface area contributed by atoms with Crippen molar-refractivity contribution in [3.8, 4) is 11.1 Å². The molecule has 1 aromatic carbocycles. The third-order valence-electron chi connectivity index (χ3n) is 4.37. The lowest BCUT2D eigenvalue weighted by Crippen LogP contribution is -2.19. The molecular formula is C16H13ClF3N5. The molecule has 1 N–H and O–H groups in total. The van der Waals surface area contributed by atoms with E-state index in [1.807, 2.05) is 0 Å². The third kappa shape index (κ3) is 2.70. The maximum absolute atomic E-state index is 14.4. The average molecular weight is 368 g/mol. The minimum Gasteiger partial charge on any atom is -0.367 e. The molecule has 0 spiro atoms.